The van der Waals surface area contributed by atoms with Crippen LogP contribution in [-0.4, -0.2) is 36.0 Å². The Morgan fingerprint density at radius 3 is 2.89 bits per heavy atom. The number of nitrogens with one attached hydrogen (secondary N) is 1. The summed E-state index contributed by atoms with van der Waals surface area (Å²) in [6.45, 7) is 6.96. The van der Waals surface area contributed by atoms with Crippen molar-refractivity contribution in [2.24, 2.45) is 0 Å². The topological polar surface area (TPSA) is 58.4 Å². The van der Waals surface area contributed by atoms with Gasteiger partial charge >= 0.3 is 5.00 Å². The largest absolute Gasteiger partial charge is 0.324 e. The number of thiophene rings is 1. The van der Waals surface area contributed by atoms with Gasteiger partial charge in [-0.3, -0.25) is 10.1 Å². The molecule has 0 aromatic carbocycles. The summed E-state index contributed by atoms with van der Waals surface area (Å²) >= 11 is 1.18. The molecule has 0 saturated carbocycles. The van der Waals surface area contributed by atoms with Crippen LogP contribution in [0, 0.1) is 10.1 Å². The number of hydrogen-bond donors (Lipinski definition) is 1. The first-order valence-electron chi connectivity index (χ1n) is 6.17. The van der Waals surface area contributed by atoms with E-state index in [4.69, 9.17) is 0 Å². The van der Waals surface area contributed by atoms with Gasteiger partial charge in [-0.1, -0.05) is 18.3 Å². The van der Waals surface area contributed by atoms with E-state index in [-0.39, 0.29) is 9.92 Å². The van der Waals surface area contributed by atoms with Gasteiger partial charge in [0.15, 0.2) is 0 Å². The van der Waals surface area contributed by atoms with Gasteiger partial charge in [0.05, 0.1) is 4.92 Å². The molecule has 1 atom stereocenters. The second-order valence-corrected chi connectivity index (χ2v) is 5.35. The van der Waals surface area contributed by atoms with E-state index in [0.29, 0.717) is 12.6 Å². The Morgan fingerprint density at radius 2 is 2.33 bits per heavy atom. The van der Waals surface area contributed by atoms with Crippen molar-refractivity contribution in [3.8, 4) is 0 Å². The molecule has 0 spiro atoms. The predicted molar refractivity (Wildman–Crippen MR) is 75.1 cm³/mol. The van der Waals surface area contributed by atoms with Crippen molar-refractivity contribution in [3.63, 3.8) is 0 Å². The second kappa shape index (κ2) is 7.45. The highest BCUT2D eigenvalue weighted by atomic mass is 32.1. The molecule has 6 heteroatoms. The molecule has 0 amide bonds. The van der Waals surface area contributed by atoms with Crippen LogP contribution in [-0.2, 0) is 6.54 Å². The van der Waals surface area contributed by atoms with Crippen molar-refractivity contribution < 1.29 is 4.92 Å². The van der Waals surface area contributed by atoms with Crippen molar-refractivity contribution in [1.82, 2.24) is 10.2 Å². The molecule has 1 rings (SSSR count). The average Bonchev–Trinajstić information content (AvgIpc) is 2.82. The summed E-state index contributed by atoms with van der Waals surface area (Å²) < 4.78 is 0. The summed E-state index contributed by atoms with van der Waals surface area (Å²) in [4.78, 5) is 12.5. The highest BCUT2D eigenvalue weighted by Crippen LogP contribution is 2.22. The van der Waals surface area contributed by atoms with Crippen molar-refractivity contribution >= 4 is 16.3 Å². The summed E-state index contributed by atoms with van der Waals surface area (Å²) in [5.41, 5.74) is 0.984. The van der Waals surface area contributed by atoms with Gasteiger partial charge < -0.3 is 10.2 Å². The van der Waals surface area contributed by atoms with Gasteiger partial charge in [-0.15, -0.1) is 0 Å². The third-order valence-corrected chi connectivity index (χ3v) is 4.06. The average molecular weight is 271 g/mol. The summed E-state index contributed by atoms with van der Waals surface area (Å²) in [6.07, 6.45) is 1.15. The van der Waals surface area contributed by atoms with E-state index in [0.717, 1.165) is 25.1 Å². The number of rotatable bonds is 8. The Kier molecular flexibility index (Phi) is 6.24. The molecule has 1 aromatic rings. The SMILES string of the molecule is CCC(C)N(C)CCNCc1csc([N+](=O)[O-])c1. The molecule has 0 fully saturated rings. The minimum absolute atomic E-state index is 0.212. The Hall–Kier alpha value is -0.980. The lowest BCUT2D eigenvalue weighted by atomic mass is 10.2. The number of hydrogen-bond acceptors (Lipinski definition) is 5. The Morgan fingerprint density at radius 1 is 1.61 bits per heavy atom. The molecule has 0 aliphatic heterocycles. The first-order chi connectivity index (χ1) is 8.54. The van der Waals surface area contributed by atoms with E-state index < -0.39 is 0 Å². The number of nitro groups is 1. The van der Waals surface area contributed by atoms with Gasteiger partial charge in [0.1, 0.15) is 0 Å². The molecule has 0 radical (unpaired) electrons. The maximum absolute atomic E-state index is 10.5. The Balaban J connectivity index is 2.23. The fourth-order valence-electron chi connectivity index (χ4n) is 1.57. The standard InChI is InChI=1S/C12H21N3O2S/c1-4-10(2)14(3)6-5-13-8-11-7-12(15(16)17)18-9-11/h7,9-10,13H,4-6,8H2,1-3H3. The van der Waals surface area contributed by atoms with Crippen molar-refractivity contribution in [2.75, 3.05) is 20.1 Å². The normalized spacial score (nSPS) is 12.9. The molecule has 5 nitrogen and oxygen atoms in total. The van der Waals surface area contributed by atoms with Crippen LogP contribution < -0.4 is 5.32 Å². The molecule has 1 N–H and O–H groups in total. The quantitative estimate of drug-likeness (QED) is 0.448. The number of likely N-dealkylation sites (N-methyl/N-ethyl adjacent to an activating group) is 1. The Bertz CT molecular complexity index is 381. The van der Waals surface area contributed by atoms with Gasteiger partial charge in [0, 0.05) is 37.1 Å². The smallest absolute Gasteiger partial charge is 0.311 e. The summed E-state index contributed by atoms with van der Waals surface area (Å²) in [6, 6.07) is 2.23. The summed E-state index contributed by atoms with van der Waals surface area (Å²) in [5.74, 6) is 0. The molecular formula is C12H21N3O2S. The highest BCUT2D eigenvalue weighted by molar-refractivity contribution is 7.13. The third-order valence-electron chi connectivity index (χ3n) is 3.13. The second-order valence-electron chi connectivity index (χ2n) is 4.46. The van der Waals surface area contributed by atoms with E-state index in [9.17, 15) is 10.1 Å². The molecule has 0 bridgehead atoms. The summed E-state index contributed by atoms with van der Waals surface area (Å²) in [5, 5.41) is 15.9. The molecule has 1 heterocycles. The van der Waals surface area contributed by atoms with Gasteiger partial charge in [-0.2, -0.15) is 0 Å². The lowest BCUT2D eigenvalue weighted by Gasteiger charge is -2.23. The van der Waals surface area contributed by atoms with Crippen molar-refractivity contribution in [2.45, 2.75) is 32.9 Å². The summed E-state index contributed by atoms with van der Waals surface area (Å²) in [7, 11) is 2.12. The van der Waals surface area contributed by atoms with Gasteiger partial charge in [-0.05, 0) is 26.0 Å². The molecular weight excluding hydrogens is 250 g/mol. The van der Waals surface area contributed by atoms with Crippen molar-refractivity contribution in [3.05, 3.63) is 27.1 Å². The van der Waals surface area contributed by atoms with Gasteiger partial charge in [-0.25, -0.2) is 0 Å². The zero-order valence-corrected chi connectivity index (χ0v) is 12.0. The van der Waals surface area contributed by atoms with E-state index in [1.807, 2.05) is 5.38 Å². The number of nitrogens with zero attached hydrogens (tertiary/aromatic N) is 2. The van der Waals surface area contributed by atoms with Crippen LogP contribution in [0.2, 0.25) is 0 Å². The third kappa shape index (κ3) is 4.72. The predicted octanol–water partition coefficient (Wildman–Crippen LogP) is 2.48. The fraction of sp³-hybridized carbons (Fsp3) is 0.667. The van der Waals surface area contributed by atoms with Crippen LogP contribution in [0.25, 0.3) is 0 Å². The van der Waals surface area contributed by atoms with Crippen LogP contribution in [0.15, 0.2) is 11.4 Å². The Labute approximate surface area is 112 Å². The first-order valence-corrected chi connectivity index (χ1v) is 7.05. The minimum Gasteiger partial charge on any atom is -0.311 e. The van der Waals surface area contributed by atoms with E-state index in [1.54, 1.807) is 6.07 Å². The molecule has 0 saturated heterocycles. The van der Waals surface area contributed by atoms with Crippen LogP contribution in [0.1, 0.15) is 25.8 Å². The molecule has 0 aliphatic carbocycles. The molecule has 18 heavy (non-hydrogen) atoms. The van der Waals surface area contributed by atoms with Crippen LogP contribution in [0.3, 0.4) is 0 Å². The monoisotopic (exact) mass is 271 g/mol. The van der Waals surface area contributed by atoms with Crippen LogP contribution in [0.4, 0.5) is 5.00 Å². The van der Waals surface area contributed by atoms with Gasteiger partial charge in [0.25, 0.3) is 0 Å². The van der Waals surface area contributed by atoms with E-state index in [2.05, 4.69) is 31.1 Å². The maximum atomic E-state index is 10.5. The zero-order chi connectivity index (χ0) is 13.5. The lowest BCUT2D eigenvalue weighted by Crippen LogP contribution is -2.34. The molecule has 1 aromatic heterocycles. The van der Waals surface area contributed by atoms with E-state index in [1.165, 1.54) is 11.3 Å². The van der Waals surface area contributed by atoms with E-state index >= 15 is 0 Å². The zero-order valence-electron chi connectivity index (χ0n) is 11.2. The lowest BCUT2D eigenvalue weighted by molar-refractivity contribution is -0.380. The first kappa shape index (κ1) is 15.1. The molecule has 0 aliphatic rings. The fourth-order valence-corrected chi connectivity index (χ4v) is 2.30. The van der Waals surface area contributed by atoms with Crippen LogP contribution in [0.5, 0.6) is 0 Å². The minimum atomic E-state index is -0.342. The molecule has 1 unspecified atom stereocenters. The maximum Gasteiger partial charge on any atom is 0.324 e. The molecule has 102 valence electrons. The van der Waals surface area contributed by atoms with Crippen molar-refractivity contribution in [1.29, 1.82) is 0 Å². The van der Waals surface area contributed by atoms with Gasteiger partial charge in [0.2, 0.25) is 0 Å². The highest BCUT2D eigenvalue weighted by Gasteiger charge is 2.09. The van der Waals surface area contributed by atoms with Crippen LogP contribution >= 0.6 is 11.3 Å².